The third kappa shape index (κ3) is 2.10. The van der Waals surface area contributed by atoms with Gasteiger partial charge in [0.1, 0.15) is 5.75 Å². The molecule has 0 unspecified atom stereocenters. The third-order valence-corrected chi connectivity index (χ3v) is 2.81. The lowest BCUT2D eigenvalue weighted by molar-refractivity contribution is 0.0696. The van der Waals surface area contributed by atoms with Gasteiger partial charge in [0.2, 0.25) is 0 Å². The van der Waals surface area contributed by atoms with Crippen LogP contribution < -0.4 is 0 Å². The number of carboxylic acids is 1. The average molecular weight is 249 g/mol. The largest absolute Gasteiger partial charge is 0.506 e. The topological polar surface area (TPSA) is 57.5 Å². The molecule has 2 aromatic rings. The van der Waals surface area contributed by atoms with Crippen molar-refractivity contribution in [3.63, 3.8) is 0 Å². The second-order valence-electron chi connectivity index (χ2n) is 3.49. The molecular formula is C13H9ClO3. The van der Waals surface area contributed by atoms with Gasteiger partial charge < -0.3 is 10.2 Å². The summed E-state index contributed by atoms with van der Waals surface area (Å²) >= 11 is 5.81. The number of halogens is 1. The highest BCUT2D eigenvalue weighted by molar-refractivity contribution is 6.35. The van der Waals surface area contributed by atoms with Gasteiger partial charge in [-0.2, -0.15) is 0 Å². The van der Waals surface area contributed by atoms with Crippen LogP contribution in [0.15, 0.2) is 42.5 Å². The van der Waals surface area contributed by atoms with E-state index in [-0.39, 0.29) is 16.3 Å². The van der Waals surface area contributed by atoms with Crippen molar-refractivity contribution in [2.75, 3.05) is 0 Å². The summed E-state index contributed by atoms with van der Waals surface area (Å²) in [5.41, 5.74) is 1.19. The number of rotatable bonds is 2. The molecule has 0 fully saturated rings. The fraction of sp³-hybridized carbons (Fsp3) is 0. The first-order valence-corrected chi connectivity index (χ1v) is 5.29. The maximum Gasteiger partial charge on any atom is 0.337 e. The molecule has 2 aromatic carbocycles. The van der Waals surface area contributed by atoms with E-state index in [2.05, 4.69) is 0 Å². The van der Waals surface area contributed by atoms with Gasteiger partial charge in [-0.3, -0.25) is 0 Å². The summed E-state index contributed by atoms with van der Waals surface area (Å²) in [7, 11) is 0. The van der Waals surface area contributed by atoms with Crippen molar-refractivity contribution in [3.05, 3.63) is 53.1 Å². The highest BCUT2D eigenvalue weighted by atomic mass is 35.5. The van der Waals surface area contributed by atoms with Gasteiger partial charge in [-0.25, -0.2) is 4.79 Å². The second-order valence-corrected chi connectivity index (χ2v) is 3.87. The van der Waals surface area contributed by atoms with Gasteiger partial charge in [0.25, 0.3) is 0 Å². The highest BCUT2D eigenvalue weighted by Crippen LogP contribution is 2.37. The Balaban J connectivity index is 2.60. The quantitative estimate of drug-likeness (QED) is 0.856. The number of phenolic OH excluding ortho intramolecular Hbond substituents is 1. The fourth-order valence-electron chi connectivity index (χ4n) is 1.58. The molecule has 2 rings (SSSR count). The number of hydrogen-bond acceptors (Lipinski definition) is 2. The highest BCUT2D eigenvalue weighted by Gasteiger charge is 2.16. The molecule has 0 aliphatic heterocycles. The lowest BCUT2D eigenvalue weighted by Crippen LogP contribution is -1.97. The summed E-state index contributed by atoms with van der Waals surface area (Å²) in [5.74, 6) is -1.37. The molecule has 0 bridgehead atoms. The summed E-state index contributed by atoms with van der Waals surface area (Å²) in [5, 5.41) is 18.6. The normalized spacial score (nSPS) is 10.2. The van der Waals surface area contributed by atoms with Crippen molar-refractivity contribution in [2.45, 2.75) is 0 Å². The van der Waals surface area contributed by atoms with E-state index in [4.69, 9.17) is 16.7 Å². The zero-order chi connectivity index (χ0) is 12.4. The molecule has 0 aromatic heterocycles. The van der Waals surface area contributed by atoms with Gasteiger partial charge in [-0.15, -0.1) is 0 Å². The van der Waals surface area contributed by atoms with Crippen LogP contribution in [0.4, 0.5) is 0 Å². The lowest BCUT2D eigenvalue weighted by Gasteiger charge is -2.08. The number of aromatic hydroxyl groups is 1. The summed E-state index contributed by atoms with van der Waals surface area (Å²) in [4.78, 5) is 10.8. The minimum Gasteiger partial charge on any atom is -0.506 e. The van der Waals surface area contributed by atoms with Crippen LogP contribution in [0.1, 0.15) is 10.4 Å². The molecule has 0 saturated heterocycles. The number of benzene rings is 2. The molecule has 86 valence electrons. The van der Waals surface area contributed by atoms with E-state index >= 15 is 0 Å². The number of hydrogen-bond donors (Lipinski definition) is 2. The number of phenols is 1. The van der Waals surface area contributed by atoms with E-state index in [9.17, 15) is 9.90 Å². The van der Waals surface area contributed by atoms with Crippen LogP contribution in [0, 0.1) is 0 Å². The molecule has 17 heavy (non-hydrogen) atoms. The van der Waals surface area contributed by atoms with E-state index in [0.29, 0.717) is 5.56 Å². The van der Waals surface area contributed by atoms with E-state index in [1.54, 1.807) is 6.07 Å². The van der Waals surface area contributed by atoms with Gasteiger partial charge >= 0.3 is 5.97 Å². The monoisotopic (exact) mass is 248 g/mol. The standard InChI is InChI=1S/C13H9ClO3/c14-11-10(13(16)17)7-6-9(12(11)15)8-4-2-1-3-5-8/h1-7,15H,(H,16,17). The molecule has 0 aliphatic carbocycles. The molecule has 0 atom stereocenters. The number of carboxylic acid groups (broad SMARTS) is 1. The Kier molecular flexibility index (Phi) is 3.02. The van der Waals surface area contributed by atoms with Crippen molar-refractivity contribution < 1.29 is 15.0 Å². The van der Waals surface area contributed by atoms with Crippen molar-refractivity contribution >= 4 is 17.6 Å². The summed E-state index contributed by atoms with van der Waals surface area (Å²) in [6, 6.07) is 12.1. The van der Waals surface area contributed by atoms with Crippen LogP contribution in [0.3, 0.4) is 0 Å². The third-order valence-electron chi connectivity index (χ3n) is 2.43. The summed E-state index contributed by atoms with van der Waals surface area (Å²) in [6.45, 7) is 0. The lowest BCUT2D eigenvalue weighted by atomic mass is 10.0. The maximum atomic E-state index is 10.8. The van der Waals surface area contributed by atoms with Crippen LogP contribution >= 0.6 is 11.6 Å². The number of aromatic carboxylic acids is 1. The first-order valence-electron chi connectivity index (χ1n) is 4.91. The Bertz CT molecular complexity index is 564. The van der Waals surface area contributed by atoms with E-state index in [0.717, 1.165) is 5.56 Å². The smallest absolute Gasteiger partial charge is 0.337 e. The Morgan fingerprint density at radius 1 is 1.06 bits per heavy atom. The Morgan fingerprint density at radius 2 is 1.71 bits per heavy atom. The zero-order valence-electron chi connectivity index (χ0n) is 8.72. The van der Waals surface area contributed by atoms with Crippen molar-refractivity contribution in [3.8, 4) is 16.9 Å². The van der Waals surface area contributed by atoms with E-state index in [1.165, 1.54) is 6.07 Å². The zero-order valence-corrected chi connectivity index (χ0v) is 9.48. The van der Waals surface area contributed by atoms with Crippen LogP contribution in [0.2, 0.25) is 5.02 Å². The van der Waals surface area contributed by atoms with Gasteiger partial charge in [0.05, 0.1) is 10.6 Å². The molecule has 0 aliphatic rings. The van der Waals surface area contributed by atoms with Crippen molar-refractivity contribution in [2.24, 2.45) is 0 Å². The Morgan fingerprint density at radius 3 is 2.29 bits per heavy atom. The van der Waals surface area contributed by atoms with Crippen LogP contribution in [-0.4, -0.2) is 16.2 Å². The Labute approximate surface area is 103 Å². The number of carbonyl (C=O) groups is 1. The van der Waals surface area contributed by atoms with Gasteiger partial charge in [-0.1, -0.05) is 41.9 Å². The molecule has 0 amide bonds. The molecular weight excluding hydrogens is 240 g/mol. The van der Waals surface area contributed by atoms with Gasteiger partial charge in [0, 0.05) is 5.56 Å². The maximum absolute atomic E-state index is 10.8. The SMILES string of the molecule is O=C(O)c1ccc(-c2ccccc2)c(O)c1Cl. The van der Waals surface area contributed by atoms with Crippen LogP contribution in [-0.2, 0) is 0 Å². The van der Waals surface area contributed by atoms with Gasteiger partial charge in [-0.05, 0) is 17.7 Å². The predicted octanol–water partition coefficient (Wildman–Crippen LogP) is 3.41. The molecule has 4 heteroatoms. The van der Waals surface area contributed by atoms with Crippen LogP contribution in [0.25, 0.3) is 11.1 Å². The second kappa shape index (κ2) is 4.47. The Hall–Kier alpha value is -2.00. The minimum absolute atomic E-state index is 0.108. The molecule has 0 spiro atoms. The van der Waals surface area contributed by atoms with Crippen molar-refractivity contribution in [1.29, 1.82) is 0 Å². The van der Waals surface area contributed by atoms with E-state index < -0.39 is 5.97 Å². The predicted molar refractivity (Wildman–Crippen MR) is 65.5 cm³/mol. The first kappa shape index (κ1) is 11.5. The molecule has 0 radical (unpaired) electrons. The summed E-state index contributed by atoms with van der Waals surface area (Å²) < 4.78 is 0. The van der Waals surface area contributed by atoms with E-state index in [1.807, 2.05) is 30.3 Å². The minimum atomic E-state index is -1.16. The average Bonchev–Trinajstić information content (AvgIpc) is 2.33. The molecule has 3 nitrogen and oxygen atoms in total. The molecule has 0 heterocycles. The summed E-state index contributed by atoms with van der Waals surface area (Å²) in [6.07, 6.45) is 0. The fourth-order valence-corrected chi connectivity index (χ4v) is 1.83. The van der Waals surface area contributed by atoms with Crippen LogP contribution in [0.5, 0.6) is 5.75 Å². The molecule has 2 N–H and O–H groups in total. The molecule has 0 saturated carbocycles. The van der Waals surface area contributed by atoms with Crippen molar-refractivity contribution in [1.82, 2.24) is 0 Å². The van der Waals surface area contributed by atoms with Gasteiger partial charge in [0.15, 0.2) is 0 Å². The first-order chi connectivity index (χ1) is 8.11.